The van der Waals surface area contributed by atoms with E-state index in [4.69, 9.17) is 0 Å². The standard InChI is InChI=1S/C17H17N3O2S/c21-15(13-10-18-17-20(16(13)22)8-9-23-17)19-14-7-3-5-11-4-1-2-6-12(11)14/h3,5,7,10H,1-2,4,6,8-9H2,(H,19,21). The summed E-state index contributed by atoms with van der Waals surface area (Å²) in [5, 5.41) is 3.62. The van der Waals surface area contributed by atoms with Crippen molar-refractivity contribution in [2.75, 3.05) is 11.1 Å². The molecule has 1 aliphatic heterocycles. The van der Waals surface area contributed by atoms with E-state index in [1.165, 1.54) is 23.7 Å². The van der Waals surface area contributed by atoms with Crippen LogP contribution in [0.15, 0.2) is 34.3 Å². The first-order valence-electron chi connectivity index (χ1n) is 7.89. The van der Waals surface area contributed by atoms with E-state index in [1.807, 2.05) is 12.1 Å². The zero-order valence-electron chi connectivity index (χ0n) is 12.7. The third-order valence-electron chi connectivity index (χ3n) is 4.45. The normalized spacial score (nSPS) is 15.8. The van der Waals surface area contributed by atoms with E-state index in [1.54, 1.807) is 16.3 Å². The molecule has 0 fully saturated rings. The van der Waals surface area contributed by atoms with Crippen LogP contribution in [0.3, 0.4) is 0 Å². The molecule has 0 saturated carbocycles. The Morgan fingerprint density at radius 1 is 1.26 bits per heavy atom. The fourth-order valence-corrected chi connectivity index (χ4v) is 4.18. The van der Waals surface area contributed by atoms with Crippen LogP contribution < -0.4 is 10.9 Å². The van der Waals surface area contributed by atoms with Gasteiger partial charge in [0, 0.05) is 24.2 Å². The third-order valence-corrected chi connectivity index (χ3v) is 5.42. The number of carbonyl (C=O) groups excluding carboxylic acids is 1. The van der Waals surface area contributed by atoms with Crippen LogP contribution in [-0.2, 0) is 19.4 Å². The molecule has 1 aromatic heterocycles. The smallest absolute Gasteiger partial charge is 0.267 e. The van der Waals surface area contributed by atoms with Crippen molar-refractivity contribution in [3.63, 3.8) is 0 Å². The number of thioether (sulfide) groups is 1. The van der Waals surface area contributed by atoms with Crippen LogP contribution in [0.1, 0.15) is 34.3 Å². The Morgan fingerprint density at radius 3 is 3.04 bits per heavy atom. The summed E-state index contributed by atoms with van der Waals surface area (Å²) < 4.78 is 1.58. The van der Waals surface area contributed by atoms with Gasteiger partial charge in [0.25, 0.3) is 11.5 Å². The van der Waals surface area contributed by atoms with Crippen LogP contribution in [0.25, 0.3) is 0 Å². The predicted octanol–water partition coefficient (Wildman–Crippen LogP) is 2.48. The average Bonchev–Trinajstić information content (AvgIpc) is 3.05. The number of rotatable bonds is 2. The Balaban J connectivity index is 1.66. The lowest BCUT2D eigenvalue weighted by molar-refractivity contribution is 0.102. The lowest BCUT2D eigenvalue weighted by Crippen LogP contribution is -2.29. The summed E-state index contributed by atoms with van der Waals surface area (Å²) in [6, 6.07) is 5.99. The Morgan fingerprint density at radius 2 is 2.13 bits per heavy atom. The van der Waals surface area contributed by atoms with Crippen molar-refractivity contribution < 1.29 is 4.79 Å². The van der Waals surface area contributed by atoms with E-state index in [0.29, 0.717) is 11.7 Å². The highest BCUT2D eigenvalue weighted by atomic mass is 32.2. The molecule has 4 rings (SSSR count). The van der Waals surface area contributed by atoms with E-state index in [0.717, 1.165) is 30.7 Å². The maximum atomic E-state index is 12.5. The summed E-state index contributed by atoms with van der Waals surface area (Å²) in [6.07, 6.45) is 5.76. The van der Waals surface area contributed by atoms with Gasteiger partial charge in [-0.25, -0.2) is 4.98 Å². The van der Waals surface area contributed by atoms with Gasteiger partial charge in [0.1, 0.15) is 5.56 Å². The minimum atomic E-state index is -0.367. The molecule has 1 N–H and O–H groups in total. The van der Waals surface area contributed by atoms with Gasteiger partial charge in [-0.1, -0.05) is 23.9 Å². The summed E-state index contributed by atoms with van der Waals surface area (Å²) in [6.45, 7) is 0.619. The van der Waals surface area contributed by atoms with Crippen molar-refractivity contribution in [3.8, 4) is 0 Å². The molecule has 0 atom stereocenters. The number of nitrogens with one attached hydrogen (secondary N) is 1. The fraction of sp³-hybridized carbons (Fsp3) is 0.353. The molecule has 6 heteroatoms. The van der Waals surface area contributed by atoms with Crippen LogP contribution in [0.4, 0.5) is 5.69 Å². The molecule has 5 nitrogen and oxygen atoms in total. The molecule has 1 amide bonds. The largest absolute Gasteiger partial charge is 0.322 e. The van der Waals surface area contributed by atoms with Crippen LogP contribution in [-0.4, -0.2) is 21.2 Å². The zero-order chi connectivity index (χ0) is 15.8. The van der Waals surface area contributed by atoms with E-state index in [2.05, 4.69) is 16.4 Å². The molecule has 2 aromatic rings. The van der Waals surface area contributed by atoms with Gasteiger partial charge in [-0.2, -0.15) is 0 Å². The summed E-state index contributed by atoms with van der Waals surface area (Å²) in [7, 11) is 0. The first-order valence-corrected chi connectivity index (χ1v) is 8.87. The van der Waals surface area contributed by atoms with Gasteiger partial charge in [-0.15, -0.1) is 0 Å². The number of aromatic nitrogens is 2. The van der Waals surface area contributed by atoms with Crippen molar-refractivity contribution in [1.29, 1.82) is 0 Å². The molecule has 0 spiro atoms. The maximum Gasteiger partial charge on any atom is 0.267 e. The van der Waals surface area contributed by atoms with Gasteiger partial charge >= 0.3 is 0 Å². The summed E-state index contributed by atoms with van der Waals surface area (Å²) in [5.41, 5.74) is 3.20. The first-order chi connectivity index (χ1) is 11.2. The monoisotopic (exact) mass is 327 g/mol. The minimum Gasteiger partial charge on any atom is -0.322 e. The molecule has 0 radical (unpaired) electrons. The minimum absolute atomic E-state index is 0.115. The Hall–Kier alpha value is -2.08. The number of nitrogens with zero attached hydrogens (tertiary/aromatic N) is 2. The van der Waals surface area contributed by atoms with Crippen molar-refractivity contribution in [2.24, 2.45) is 0 Å². The summed E-state index contributed by atoms with van der Waals surface area (Å²) in [4.78, 5) is 29.2. The Kier molecular flexibility index (Phi) is 3.69. The Bertz CT molecular complexity index is 844. The highest BCUT2D eigenvalue weighted by Gasteiger charge is 2.21. The molecule has 0 saturated heterocycles. The van der Waals surface area contributed by atoms with E-state index in [-0.39, 0.29) is 17.0 Å². The number of amides is 1. The number of anilines is 1. The summed E-state index contributed by atoms with van der Waals surface area (Å²) >= 11 is 1.55. The SMILES string of the molecule is O=C(Nc1cccc2c1CCCC2)c1cnc2n(c1=O)CCS2. The molecule has 118 valence electrons. The molecule has 23 heavy (non-hydrogen) atoms. The number of carbonyl (C=O) groups is 1. The Labute approximate surface area is 138 Å². The van der Waals surface area contributed by atoms with Crippen LogP contribution in [0.2, 0.25) is 0 Å². The van der Waals surface area contributed by atoms with Gasteiger partial charge < -0.3 is 5.32 Å². The van der Waals surface area contributed by atoms with Crippen molar-refractivity contribution in [3.05, 3.63) is 51.4 Å². The predicted molar refractivity (Wildman–Crippen MR) is 90.3 cm³/mol. The second-order valence-electron chi connectivity index (χ2n) is 5.86. The van der Waals surface area contributed by atoms with Crippen molar-refractivity contribution >= 4 is 23.4 Å². The average molecular weight is 327 g/mol. The molecular weight excluding hydrogens is 310 g/mol. The first kappa shape index (κ1) is 14.5. The maximum absolute atomic E-state index is 12.5. The number of benzene rings is 1. The molecule has 1 aromatic carbocycles. The quantitative estimate of drug-likeness (QED) is 0.861. The van der Waals surface area contributed by atoms with Gasteiger partial charge in [0.05, 0.1) is 0 Å². The van der Waals surface area contributed by atoms with Crippen LogP contribution in [0.5, 0.6) is 0 Å². The number of aryl methyl sites for hydroxylation is 1. The van der Waals surface area contributed by atoms with E-state index < -0.39 is 0 Å². The molecule has 0 bridgehead atoms. The van der Waals surface area contributed by atoms with Crippen molar-refractivity contribution in [2.45, 2.75) is 37.4 Å². The lowest BCUT2D eigenvalue weighted by atomic mass is 9.90. The zero-order valence-corrected chi connectivity index (χ0v) is 13.5. The van der Waals surface area contributed by atoms with Crippen LogP contribution >= 0.6 is 11.8 Å². The molecule has 2 heterocycles. The summed E-state index contributed by atoms with van der Waals surface area (Å²) in [5.74, 6) is 0.466. The molecule has 0 unspecified atom stereocenters. The number of hydrogen-bond donors (Lipinski definition) is 1. The number of fused-ring (bicyclic) bond motifs is 2. The second kappa shape index (κ2) is 5.85. The van der Waals surface area contributed by atoms with Gasteiger partial charge in [0.2, 0.25) is 0 Å². The topological polar surface area (TPSA) is 64.0 Å². The van der Waals surface area contributed by atoms with Gasteiger partial charge in [-0.3, -0.25) is 14.2 Å². The molecule has 1 aliphatic carbocycles. The van der Waals surface area contributed by atoms with Crippen molar-refractivity contribution in [1.82, 2.24) is 9.55 Å². The van der Waals surface area contributed by atoms with Gasteiger partial charge in [0.15, 0.2) is 5.16 Å². The van der Waals surface area contributed by atoms with Gasteiger partial charge in [-0.05, 0) is 42.9 Å². The lowest BCUT2D eigenvalue weighted by Gasteiger charge is -2.19. The molecule has 2 aliphatic rings. The number of hydrogen-bond acceptors (Lipinski definition) is 4. The van der Waals surface area contributed by atoms with E-state index >= 15 is 0 Å². The van der Waals surface area contributed by atoms with E-state index in [9.17, 15) is 9.59 Å². The highest BCUT2D eigenvalue weighted by Crippen LogP contribution is 2.28. The van der Waals surface area contributed by atoms with Crippen LogP contribution in [0, 0.1) is 0 Å². The molecular formula is C17H17N3O2S. The third kappa shape index (κ3) is 2.57. The fourth-order valence-electron chi connectivity index (χ4n) is 3.26. The highest BCUT2D eigenvalue weighted by molar-refractivity contribution is 7.99. The second-order valence-corrected chi connectivity index (χ2v) is 6.93.